The van der Waals surface area contributed by atoms with Gasteiger partial charge in [-0.2, -0.15) is 0 Å². The Morgan fingerprint density at radius 1 is 1.20 bits per heavy atom. The summed E-state index contributed by atoms with van der Waals surface area (Å²) in [5.41, 5.74) is 4.43. The lowest BCUT2D eigenvalue weighted by Crippen LogP contribution is -2.26. The molecule has 0 saturated heterocycles. The fourth-order valence-electron chi connectivity index (χ4n) is 3.78. The van der Waals surface area contributed by atoms with Crippen molar-refractivity contribution in [1.82, 2.24) is 5.16 Å². The molecular weight excluding hydrogens is 320 g/mol. The molecule has 25 heavy (non-hydrogen) atoms. The van der Waals surface area contributed by atoms with Gasteiger partial charge < -0.3 is 19.3 Å². The molecule has 1 atom stereocenters. The van der Waals surface area contributed by atoms with Gasteiger partial charge in [-0.15, -0.1) is 0 Å². The second-order valence-corrected chi connectivity index (χ2v) is 6.35. The number of benzene rings is 1. The van der Waals surface area contributed by atoms with Crippen molar-refractivity contribution in [1.29, 1.82) is 0 Å². The number of nitrogens with zero attached hydrogens (tertiary/aromatic N) is 1. The molecule has 1 aromatic carbocycles. The lowest BCUT2D eigenvalue weighted by atomic mass is 9.76. The molecule has 1 aromatic heterocycles. The smallest absolute Gasteiger partial charge is 0.233 e. The fraction of sp³-hybridized carbons (Fsp3) is 0.368. The van der Waals surface area contributed by atoms with E-state index in [9.17, 15) is 4.79 Å². The fourth-order valence-corrected chi connectivity index (χ4v) is 3.78. The molecule has 1 N–H and O–H groups in total. The van der Waals surface area contributed by atoms with E-state index in [-0.39, 0.29) is 11.7 Å². The molecule has 0 saturated carbocycles. The molecule has 1 aliphatic heterocycles. The Balaban J connectivity index is 1.92. The number of carbonyl (C=O) groups excluding carboxylic acids is 1. The van der Waals surface area contributed by atoms with Crippen LogP contribution >= 0.6 is 0 Å². The number of methoxy groups -OCH3 is 2. The quantitative estimate of drug-likeness (QED) is 0.921. The van der Waals surface area contributed by atoms with Crippen molar-refractivity contribution in [3.63, 3.8) is 0 Å². The van der Waals surface area contributed by atoms with Crippen LogP contribution in [0.2, 0.25) is 0 Å². The van der Waals surface area contributed by atoms with E-state index >= 15 is 0 Å². The summed E-state index contributed by atoms with van der Waals surface area (Å²) in [6, 6.07) is 5.77. The molecule has 0 fully saturated rings. The summed E-state index contributed by atoms with van der Waals surface area (Å²) in [4.78, 5) is 12.7. The lowest BCUT2D eigenvalue weighted by Gasteiger charge is -2.31. The van der Waals surface area contributed by atoms with Crippen LogP contribution < -0.4 is 14.8 Å². The maximum atomic E-state index is 12.7. The van der Waals surface area contributed by atoms with E-state index in [1.165, 1.54) is 0 Å². The van der Waals surface area contributed by atoms with Gasteiger partial charge in [0.05, 0.1) is 25.5 Å². The van der Waals surface area contributed by atoms with Gasteiger partial charge in [0.1, 0.15) is 0 Å². The van der Waals surface area contributed by atoms with Crippen LogP contribution in [0.5, 0.6) is 11.5 Å². The first-order chi connectivity index (χ1) is 12.1. The summed E-state index contributed by atoms with van der Waals surface area (Å²) in [7, 11) is 3.21. The molecule has 0 radical (unpaired) electrons. The van der Waals surface area contributed by atoms with Crippen LogP contribution in [-0.4, -0.2) is 25.2 Å². The topological polar surface area (TPSA) is 73.6 Å². The van der Waals surface area contributed by atoms with Crippen LogP contribution in [0.25, 0.3) is 0 Å². The molecule has 0 amide bonds. The highest BCUT2D eigenvalue weighted by Gasteiger charge is 2.38. The van der Waals surface area contributed by atoms with Crippen molar-refractivity contribution in [3.8, 4) is 11.5 Å². The average molecular weight is 340 g/mol. The van der Waals surface area contributed by atoms with Crippen molar-refractivity contribution in [2.45, 2.75) is 32.1 Å². The zero-order valence-electron chi connectivity index (χ0n) is 14.5. The summed E-state index contributed by atoms with van der Waals surface area (Å²) < 4.78 is 16.2. The van der Waals surface area contributed by atoms with Gasteiger partial charge in [-0.1, -0.05) is 11.2 Å². The van der Waals surface area contributed by atoms with Gasteiger partial charge in [0.15, 0.2) is 17.3 Å². The van der Waals surface area contributed by atoms with E-state index in [1.54, 1.807) is 14.2 Å². The van der Waals surface area contributed by atoms with Gasteiger partial charge >= 0.3 is 0 Å². The predicted molar refractivity (Wildman–Crippen MR) is 92.1 cm³/mol. The van der Waals surface area contributed by atoms with Crippen LogP contribution in [0.3, 0.4) is 0 Å². The van der Waals surface area contributed by atoms with Crippen LogP contribution in [0.4, 0.5) is 5.88 Å². The molecule has 0 bridgehead atoms. The van der Waals surface area contributed by atoms with Gasteiger partial charge in [-0.25, -0.2) is 0 Å². The second-order valence-electron chi connectivity index (χ2n) is 6.35. The van der Waals surface area contributed by atoms with Gasteiger partial charge in [0.2, 0.25) is 5.88 Å². The minimum Gasteiger partial charge on any atom is -0.493 e. The van der Waals surface area contributed by atoms with Gasteiger partial charge in [-0.3, -0.25) is 4.79 Å². The summed E-state index contributed by atoms with van der Waals surface area (Å²) in [6.07, 6.45) is 2.26. The third-order valence-electron chi connectivity index (χ3n) is 4.95. The van der Waals surface area contributed by atoms with Crippen LogP contribution in [0.1, 0.15) is 42.0 Å². The Bertz CT molecular complexity index is 882. The highest BCUT2D eigenvalue weighted by Crippen LogP contribution is 2.47. The molecule has 1 aliphatic carbocycles. The molecule has 4 rings (SSSR count). The largest absolute Gasteiger partial charge is 0.493 e. The van der Waals surface area contributed by atoms with Gasteiger partial charge in [0.25, 0.3) is 0 Å². The van der Waals surface area contributed by atoms with Crippen LogP contribution in [0, 0.1) is 6.92 Å². The summed E-state index contributed by atoms with van der Waals surface area (Å²) >= 11 is 0. The van der Waals surface area contributed by atoms with E-state index in [0.717, 1.165) is 40.9 Å². The van der Waals surface area contributed by atoms with Gasteiger partial charge in [-0.05, 0) is 37.5 Å². The predicted octanol–water partition coefficient (Wildman–Crippen LogP) is 3.56. The first-order valence-corrected chi connectivity index (χ1v) is 8.35. The minimum absolute atomic E-state index is 0.180. The van der Waals surface area contributed by atoms with Gasteiger partial charge in [0, 0.05) is 23.6 Å². The Morgan fingerprint density at radius 2 is 2.00 bits per heavy atom. The maximum Gasteiger partial charge on any atom is 0.233 e. The number of ether oxygens (including phenoxy) is 2. The van der Waals surface area contributed by atoms with E-state index in [2.05, 4.69) is 10.5 Å². The van der Waals surface area contributed by atoms with Crippen molar-refractivity contribution >= 4 is 11.7 Å². The number of rotatable bonds is 3. The Labute approximate surface area is 145 Å². The number of allylic oxidation sites excluding steroid dienone is 2. The number of hydrogen-bond donors (Lipinski definition) is 1. The Morgan fingerprint density at radius 3 is 2.76 bits per heavy atom. The SMILES string of the molecule is COc1ccc([C@H]2C3=C(CCCC3=O)Nc3onc(C)c32)cc1OC. The third kappa shape index (κ3) is 2.40. The molecule has 130 valence electrons. The van der Waals surface area contributed by atoms with Crippen molar-refractivity contribution < 1.29 is 18.8 Å². The molecule has 0 unspecified atom stereocenters. The number of aryl methyl sites for hydroxylation is 1. The van der Waals surface area contributed by atoms with Crippen molar-refractivity contribution in [3.05, 3.63) is 46.3 Å². The number of ketones is 1. The van der Waals surface area contributed by atoms with E-state index in [0.29, 0.717) is 23.8 Å². The number of nitrogens with one attached hydrogen (secondary N) is 1. The number of fused-ring (bicyclic) bond motifs is 1. The molecule has 2 aliphatic rings. The maximum absolute atomic E-state index is 12.7. The molecule has 2 aromatic rings. The van der Waals surface area contributed by atoms with E-state index < -0.39 is 0 Å². The summed E-state index contributed by atoms with van der Waals surface area (Å²) in [5.74, 6) is 1.90. The summed E-state index contributed by atoms with van der Waals surface area (Å²) in [6.45, 7) is 1.90. The highest BCUT2D eigenvalue weighted by atomic mass is 16.5. The minimum atomic E-state index is -0.204. The average Bonchev–Trinajstić information content (AvgIpc) is 3.00. The number of anilines is 1. The lowest BCUT2D eigenvalue weighted by molar-refractivity contribution is -0.116. The molecule has 6 nitrogen and oxygen atoms in total. The summed E-state index contributed by atoms with van der Waals surface area (Å²) in [5, 5.41) is 7.38. The van der Waals surface area contributed by atoms with Crippen LogP contribution in [-0.2, 0) is 4.79 Å². The standard InChI is InChI=1S/C19H20N2O4/c1-10-16-17(11-7-8-14(23-2)15(9-11)24-3)18-12(5-4-6-13(18)22)20-19(16)25-21-10/h7-9,17,20H,4-6H2,1-3H3/t17-/m1/s1. The Kier molecular flexibility index (Phi) is 3.75. The molecule has 6 heteroatoms. The normalized spacial score (nSPS) is 19.2. The highest BCUT2D eigenvalue weighted by molar-refractivity contribution is 6.01. The zero-order chi connectivity index (χ0) is 17.6. The van der Waals surface area contributed by atoms with Crippen molar-refractivity contribution in [2.24, 2.45) is 0 Å². The molecule has 2 heterocycles. The Hall–Kier alpha value is -2.76. The molecular formula is C19H20N2O4. The third-order valence-corrected chi connectivity index (χ3v) is 4.95. The van der Waals surface area contributed by atoms with E-state index in [4.69, 9.17) is 14.0 Å². The molecule has 0 spiro atoms. The number of hydrogen-bond acceptors (Lipinski definition) is 6. The number of aromatic nitrogens is 1. The first kappa shape index (κ1) is 15.7. The van der Waals surface area contributed by atoms with E-state index in [1.807, 2.05) is 25.1 Å². The number of carbonyl (C=O) groups is 1. The van der Waals surface area contributed by atoms with Crippen molar-refractivity contribution in [2.75, 3.05) is 19.5 Å². The number of Topliss-reactive ketones (excluding diaryl/α,β-unsaturated/α-hetero) is 1. The second kappa shape index (κ2) is 5.95. The first-order valence-electron chi connectivity index (χ1n) is 8.35. The van der Waals surface area contributed by atoms with Crippen LogP contribution in [0.15, 0.2) is 34.0 Å². The monoisotopic (exact) mass is 340 g/mol. The zero-order valence-corrected chi connectivity index (χ0v) is 14.5.